The number of H-pyrrole nitrogens is 1. The first-order valence-electron chi connectivity index (χ1n) is 5.77. The summed E-state index contributed by atoms with van der Waals surface area (Å²) < 4.78 is 2.02. The van der Waals surface area contributed by atoms with Gasteiger partial charge in [0.05, 0.1) is 17.1 Å². The summed E-state index contributed by atoms with van der Waals surface area (Å²) in [5.74, 6) is 0. The molecule has 0 atom stereocenters. The summed E-state index contributed by atoms with van der Waals surface area (Å²) in [5.41, 5.74) is 5.58. The maximum absolute atomic E-state index is 11.2. The Kier molecular flexibility index (Phi) is 2.95. The third kappa shape index (κ3) is 1.61. The third-order valence-corrected chi connectivity index (χ3v) is 3.47. The number of aromatic amines is 1. The van der Waals surface area contributed by atoms with Crippen LogP contribution in [0.25, 0.3) is 11.4 Å². The minimum Gasteiger partial charge on any atom is -0.350 e. The van der Waals surface area contributed by atoms with Crippen LogP contribution in [-0.2, 0) is 7.05 Å². The minimum absolute atomic E-state index is 0.463. The second kappa shape index (κ2) is 4.29. The largest absolute Gasteiger partial charge is 0.350 e. The molecule has 0 saturated heterocycles. The molecule has 0 radical (unpaired) electrons. The van der Waals surface area contributed by atoms with Crippen molar-refractivity contribution in [1.29, 1.82) is 0 Å². The zero-order chi connectivity index (χ0) is 13.4. The maximum Gasteiger partial charge on any atom is 0.166 e. The summed E-state index contributed by atoms with van der Waals surface area (Å²) in [6.07, 6.45) is 1.55. The smallest absolute Gasteiger partial charge is 0.166 e. The van der Waals surface area contributed by atoms with Crippen LogP contribution in [0.3, 0.4) is 0 Å². The number of aldehydes is 2. The topological polar surface area (TPSA) is 54.9 Å². The number of nitrogens with one attached hydrogen (secondary N) is 1. The number of carbonyl (C=O) groups excluding carboxylic acids is 2. The number of carbonyl (C=O) groups is 2. The highest BCUT2D eigenvalue weighted by Crippen LogP contribution is 2.30. The molecule has 0 bridgehead atoms. The normalized spacial score (nSPS) is 10.7. The second-order valence-corrected chi connectivity index (χ2v) is 4.56. The molecule has 2 rings (SSSR count). The minimum atomic E-state index is 0.463. The van der Waals surface area contributed by atoms with E-state index in [0.29, 0.717) is 16.8 Å². The van der Waals surface area contributed by atoms with Crippen LogP contribution in [0.1, 0.15) is 37.7 Å². The van der Waals surface area contributed by atoms with E-state index < -0.39 is 0 Å². The number of aromatic nitrogens is 2. The molecule has 4 nitrogen and oxygen atoms in total. The molecule has 2 heterocycles. The second-order valence-electron chi connectivity index (χ2n) is 4.56. The molecule has 1 N–H and O–H groups in total. The van der Waals surface area contributed by atoms with E-state index in [4.69, 9.17) is 0 Å². The van der Waals surface area contributed by atoms with Crippen molar-refractivity contribution < 1.29 is 9.59 Å². The van der Waals surface area contributed by atoms with E-state index in [1.165, 1.54) is 0 Å². The average molecular weight is 244 g/mol. The van der Waals surface area contributed by atoms with Gasteiger partial charge in [-0.1, -0.05) is 0 Å². The van der Waals surface area contributed by atoms with Crippen molar-refractivity contribution in [2.75, 3.05) is 0 Å². The first-order chi connectivity index (χ1) is 8.51. The summed E-state index contributed by atoms with van der Waals surface area (Å²) in [5, 5.41) is 0. The van der Waals surface area contributed by atoms with Gasteiger partial charge < -0.3 is 9.55 Å². The molecule has 0 saturated carbocycles. The Hall–Kier alpha value is -2.10. The van der Waals surface area contributed by atoms with E-state index in [1.54, 1.807) is 6.92 Å². The van der Waals surface area contributed by atoms with Gasteiger partial charge in [-0.2, -0.15) is 0 Å². The van der Waals surface area contributed by atoms with Gasteiger partial charge in [0.15, 0.2) is 12.6 Å². The van der Waals surface area contributed by atoms with Gasteiger partial charge in [-0.05, 0) is 38.0 Å². The van der Waals surface area contributed by atoms with Gasteiger partial charge in [-0.15, -0.1) is 0 Å². The molecule has 0 aliphatic rings. The van der Waals surface area contributed by atoms with Crippen LogP contribution in [0, 0.1) is 20.8 Å². The van der Waals surface area contributed by atoms with Crippen LogP contribution < -0.4 is 0 Å². The Morgan fingerprint density at radius 1 is 1.17 bits per heavy atom. The maximum atomic E-state index is 11.2. The first-order valence-corrected chi connectivity index (χ1v) is 5.77. The molecular weight excluding hydrogens is 228 g/mol. The molecule has 4 heteroatoms. The van der Waals surface area contributed by atoms with Crippen molar-refractivity contribution in [2.45, 2.75) is 20.8 Å². The van der Waals surface area contributed by atoms with Crippen molar-refractivity contribution >= 4 is 12.6 Å². The van der Waals surface area contributed by atoms with Crippen molar-refractivity contribution in [3.8, 4) is 11.4 Å². The van der Waals surface area contributed by atoms with Crippen molar-refractivity contribution in [2.24, 2.45) is 7.05 Å². The molecular formula is C14H16N2O2. The highest BCUT2D eigenvalue weighted by Gasteiger charge is 2.19. The van der Waals surface area contributed by atoms with E-state index in [9.17, 15) is 9.59 Å². The van der Waals surface area contributed by atoms with Crippen LogP contribution in [-0.4, -0.2) is 22.1 Å². The van der Waals surface area contributed by atoms with E-state index in [2.05, 4.69) is 11.1 Å². The van der Waals surface area contributed by atoms with Crippen LogP contribution in [0.15, 0.2) is 6.07 Å². The number of rotatable bonds is 3. The number of hydrogen-bond donors (Lipinski definition) is 1. The molecule has 0 spiro atoms. The monoisotopic (exact) mass is 244 g/mol. The van der Waals surface area contributed by atoms with Gasteiger partial charge in [0.2, 0.25) is 0 Å². The highest BCUT2D eigenvalue weighted by atomic mass is 16.1. The van der Waals surface area contributed by atoms with Crippen LogP contribution >= 0.6 is 0 Å². The molecule has 0 unspecified atom stereocenters. The lowest BCUT2D eigenvalue weighted by Crippen LogP contribution is -1.97. The Bertz CT molecular complexity index is 633. The van der Waals surface area contributed by atoms with E-state index in [1.807, 2.05) is 25.5 Å². The molecule has 0 fully saturated rings. The molecule has 2 aromatic rings. The number of nitrogens with zero attached hydrogens (tertiary/aromatic N) is 1. The van der Waals surface area contributed by atoms with Crippen molar-refractivity contribution in [1.82, 2.24) is 9.55 Å². The zero-order valence-electron chi connectivity index (χ0n) is 11.0. The zero-order valence-corrected chi connectivity index (χ0v) is 11.0. The summed E-state index contributed by atoms with van der Waals surface area (Å²) in [4.78, 5) is 25.2. The predicted octanol–water partition coefficient (Wildman–Crippen LogP) is 2.57. The molecule has 0 amide bonds. The fraction of sp³-hybridized carbons (Fsp3) is 0.286. The third-order valence-electron chi connectivity index (χ3n) is 3.47. The summed E-state index contributed by atoms with van der Waals surface area (Å²) in [6, 6.07) is 2.06. The first kappa shape index (κ1) is 12.4. The van der Waals surface area contributed by atoms with E-state index in [-0.39, 0.29) is 0 Å². The molecule has 0 aromatic carbocycles. The van der Waals surface area contributed by atoms with Gasteiger partial charge in [0, 0.05) is 18.3 Å². The lowest BCUT2D eigenvalue weighted by atomic mass is 10.1. The quantitative estimate of drug-likeness (QED) is 0.844. The molecule has 2 aromatic heterocycles. The van der Waals surface area contributed by atoms with Crippen LogP contribution in [0.5, 0.6) is 0 Å². The summed E-state index contributed by atoms with van der Waals surface area (Å²) in [7, 11) is 1.95. The SMILES string of the molecule is Cc1cc(C)n(C)c1-c1[nH]c(C=O)c(C)c1C=O. The number of hydrogen-bond acceptors (Lipinski definition) is 2. The van der Waals surface area contributed by atoms with Crippen LogP contribution in [0.4, 0.5) is 0 Å². The fourth-order valence-electron chi connectivity index (χ4n) is 2.36. The van der Waals surface area contributed by atoms with Crippen molar-refractivity contribution in [3.63, 3.8) is 0 Å². The summed E-state index contributed by atoms with van der Waals surface area (Å²) >= 11 is 0. The Morgan fingerprint density at radius 3 is 2.28 bits per heavy atom. The Balaban J connectivity index is 2.78. The Morgan fingerprint density at radius 2 is 1.83 bits per heavy atom. The number of aryl methyl sites for hydroxylation is 2. The highest BCUT2D eigenvalue weighted by molar-refractivity contribution is 5.93. The molecule has 18 heavy (non-hydrogen) atoms. The van der Waals surface area contributed by atoms with Crippen molar-refractivity contribution in [3.05, 3.63) is 34.1 Å². The summed E-state index contributed by atoms with van der Waals surface area (Å²) in [6.45, 7) is 5.78. The fourth-order valence-corrected chi connectivity index (χ4v) is 2.36. The lowest BCUT2D eigenvalue weighted by molar-refractivity contribution is 0.111. The lowest BCUT2D eigenvalue weighted by Gasteiger charge is -2.06. The van der Waals surface area contributed by atoms with Gasteiger partial charge in [0.1, 0.15) is 0 Å². The average Bonchev–Trinajstić information content (AvgIpc) is 2.77. The van der Waals surface area contributed by atoms with E-state index in [0.717, 1.165) is 35.2 Å². The molecule has 0 aliphatic carbocycles. The van der Waals surface area contributed by atoms with Gasteiger partial charge in [-0.25, -0.2) is 0 Å². The standard InChI is InChI=1S/C14H16N2O2/c1-8-5-9(2)16(4)14(8)13-11(6-17)10(3)12(7-18)15-13/h5-7,15H,1-4H3. The Labute approximate surface area is 106 Å². The predicted molar refractivity (Wildman–Crippen MR) is 70.2 cm³/mol. The van der Waals surface area contributed by atoms with Gasteiger partial charge >= 0.3 is 0 Å². The molecule has 0 aliphatic heterocycles. The molecule has 94 valence electrons. The van der Waals surface area contributed by atoms with Crippen LogP contribution in [0.2, 0.25) is 0 Å². The van der Waals surface area contributed by atoms with E-state index >= 15 is 0 Å². The van der Waals surface area contributed by atoms with Gasteiger partial charge in [-0.3, -0.25) is 9.59 Å². The van der Waals surface area contributed by atoms with Gasteiger partial charge in [0.25, 0.3) is 0 Å².